The Morgan fingerprint density at radius 1 is 0.338 bits per heavy atom. The number of hydrogen-bond donors (Lipinski definition) is 1. The van der Waals surface area contributed by atoms with Gasteiger partial charge in [-0.15, -0.1) is 0 Å². The molecule has 0 saturated heterocycles. The monoisotopic (exact) mass is 1130 g/mol. The van der Waals surface area contributed by atoms with Gasteiger partial charge in [0.15, 0.2) is 17.3 Å². The summed E-state index contributed by atoms with van der Waals surface area (Å²) < 4.78 is 17.1. The second-order valence-corrected chi connectivity index (χ2v) is 25.5. The molecule has 0 aromatic rings. The van der Waals surface area contributed by atoms with Crippen LogP contribution in [0.2, 0.25) is 0 Å². The molecule has 1 rings (SSSR count). The average Bonchev–Trinajstić information content (AvgIpc) is 4.01. The van der Waals surface area contributed by atoms with Gasteiger partial charge in [0, 0.05) is 5.92 Å². The molecule has 0 spiro atoms. The average molecular weight is 1130 g/mol. The van der Waals surface area contributed by atoms with Crippen LogP contribution in [0.3, 0.4) is 0 Å². The first-order valence-corrected chi connectivity index (χ1v) is 36.1. The molecule has 1 saturated carbocycles. The Morgan fingerprint density at radius 2 is 0.562 bits per heavy atom. The normalized spacial score (nSPS) is 13.9. The molecule has 1 fully saturated rings. The number of rotatable bonds is 64. The van der Waals surface area contributed by atoms with Gasteiger partial charge in [-0.3, -0.25) is 14.4 Å². The number of Topliss-reactive ketones (excluding diaryl/α,β-unsaturated/α-hetero) is 1. The molecule has 0 radical (unpaired) electrons. The maximum Gasteiger partial charge on any atom is 0.340 e. The number of carbonyl (C=O) groups excluding carboxylic acids is 4. The van der Waals surface area contributed by atoms with Crippen LogP contribution in [-0.4, -0.2) is 54.2 Å². The third kappa shape index (κ3) is 45.5. The Hall–Kier alpha value is -1.96. The molecule has 80 heavy (non-hydrogen) atoms. The molecule has 8 nitrogen and oxygen atoms in total. The summed E-state index contributed by atoms with van der Waals surface area (Å²) in [6.45, 7) is 7.14. The molecule has 2 atom stereocenters. The van der Waals surface area contributed by atoms with Crippen molar-refractivity contribution in [1.29, 1.82) is 0 Å². The lowest BCUT2D eigenvalue weighted by Crippen LogP contribution is -2.56. The van der Waals surface area contributed by atoms with Crippen LogP contribution in [-0.2, 0) is 33.4 Å². The van der Waals surface area contributed by atoms with Crippen molar-refractivity contribution in [3.8, 4) is 0 Å². The second-order valence-electron chi connectivity index (χ2n) is 25.5. The van der Waals surface area contributed by atoms with E-state index >= 15 is 0 Å². The summed E-state index contributed by atoms with van der Waals surface area (Å²) in [4.78, 5) is 56.0. The van der Waals surface area contributed by atoms with Crippen molar-refractivity contribution < 1.29 is 38.5 Å². The van der Waals surface area contributed by atoms with Crippen LogP contribution in [0.15, 0.2) is 0 Å². The molecule has 1 N–H and O–H groups in total. The molecule has 8 heteroatoms. The van der Waals surface area contributed by atoms with Gasteiger partial charge < -0.3 is 19.3 Å². The number of ketones is 1. The Morgan fingerprint density at radius 3 is 0.825 bits per heavy atom. The molecule has 2 unspecified atom stereocenters. The predicted octanol–water partition coefficient (Wildman–Crippen LogP) is 22.2. The number of ether oxygens (including phenoxy) is 3. The quantitative estimate of drug-likeness (QED) is 0.0277. The number of esters is 3. The van der Waals surface area contributed by atoms with Crippen LogP contribution in [0.1, 0.15) is 400 Å². The van der Waals surface area contributed by atoms with Gasteiger partial charge in [-0.25, -0.2) is 4.79 Å². The molecule has 1 aliphatic carbocycles. The fourth-order valence-corrected chi connectivity index (χ4v) is 12.3. The van der Waals surface area contributed by atoms with Gasteiger partial charge in [0.1, 0.15) is 0 Å². The number of hydrogen-bond acceptors (Lipinski definition) is 8. The minimum absolute atomic E-state index is 0.0485. The van der Waals surface area contributed by atoms with E-state index in [1.165, 1.54) is 270 Å². The van der Waals surface area contributed by atoms with E-state index in [-0.39, 0.29) is 19.8 Å². The van der Waals surface area contributed by atoms with Gasteiger partial charge >= 0.3 is 17.9 Å². The largest absolute Gasteiger partial charge is 0.466 e. The first kappa shape index (κ1) is 76.1. The zero-order chi connectivity index (χ0) is 57.9. The van der Waals surface area contributed by atoms with Gasteiger partial charge in [-0.05, 0) is 32.1 Å². The SMILES string of the molecule is CCCCCCCCCCCCCCCCCCCCOC(=O)CC(O)(C(=O)OCCCCCCCCCCCCCCCCCCCC)C(C(=O)OCCCCCCCCCCCCCCCCCCCC)C(=O)C1CCCC1. The van der Waals surface area contributed by atoms with Gasteiger partial charge in [-0.1, -0.05) is 361 Å². The van der Waals surface area contributed by atoms with Crippen LogP contribution < -0.4 is 0 Å². The smallest absolute Gasteiger partial charge is 0.340 e. The zero-order valence-electron chi connectivity index (χ0n) is 53.8. The maximum absolute atomic E-state index is 14.3. The van der Waals surface area contributed by atoms with Gasteiger partial charge in [0.2, 0.25) is 0 Å². The van der Waals surface area contributed by atoms with Crippen molar-refractivity contribution >= 4 is 23.7 Å². The maximum atomic E-state index is 14.3. The minimum atomic E-state index is -2.70. The highest BCUT2D eigenvalue weighted by Crippen LogP contribution is 2.35. The first-order valence-electron chi connectivity index (χ1n) is 36.1. The van der Waals surface area contributed by atoms with Crippen molar-refractivity contribution in [1.82, 2.24) is 0 Å². The van der Waals surface area contributed by atoms with Gasteiger partial charge in [-0.2, -0.15) is 0 Å². The highest BCUT2D eigenvalue weighted by Gasteiger charge is 2.56. The molecule has 0 aliphatic heterocycles. The van der Waals surface area contributed by atoms with Crippen molar-refractivity contribution in [2.24, 2.45) is 11.8 Å². The van der Waals surface area contributed by atoms with E-state index in [0.29, 0.717) is 32.1 Å². The van der Waals surface area contributed by atoms with Crippen molar-refractivity contribution in [3.05, 3.63) is 0 Å². The van der Waals surface area contributed by atoms with Crippen molar-refractivity contribution in [3.63, 3.8) is 0 Å². The molecule has 0 heterocycles. The summed E-state index contributed by atoms with van der Waals surface area (Å²) in [6, 6.07) is 0. The second kappa shape index (κ2) is 58.8. The molecule has 0 bridgehead atoms. The van der Waals surface area contributed by atoms with E-state index in [1.807, 2.05) is 0 Å². The predicted molar refractivity (Wildman–Crippen MR) is 339 cm³/mol. The lowest BCUT2D eigenvalue weighted by atomic mass is 9.77. The standard InChI is InChI=1S/C72H136O8/c1-4-7-10-13-16-19-22-25-28-31-34-37-40-43-46-49-52-57-62-78-67(73)65-72(77,71(76)80-64-59-54-51-48-45-42-39-36-33-30-27-24-21-18-15-12-9-6-3)68(69(74)66-60-55-56-61-66)70(75)79-63-58-53-50-47-44-41-38-35-32-29-26-23-20-17-14-11-8-5-2/h66,68,77H,4-65H2,1-3H3. The molecule has 1 aliphatic rings. The van der Waals surface area contributed by atoms with Crippen LogP contribution in [0, 0.1) is 11.8 Å². The molecular weight excluding hydrogens is 993 g/mol. The number of carbonyl (C=O) groups is 4. The first-order chi connectivity index (χ1) is 39.3. The van der Waals surface area contributed by atoms with Crippen LogP contribution >= 0.6 is 0 Å². The summed E-state index contributed by atoms with van der Waals surface area (Å²) >= 11 is 0. The summed E-state index contributed by atoms with van der Waals surface area (Å²) in [6.07, 6.45) is 69.8. The molecule has 0 amide bonds. The summed E-state index contributed by atoms with van der Waals surface area (Å²) in [7, 11) is 0. The molecule has 0 aromatic heterocycles. The summed E-state index contributed by atoms with van der Waals surface area (Å²) in [5.74, 6) is -5.68. The summed E-state index contributed by atoms with van der Waals surface area (Å²) in [5, 5.41) is 12.4. The fraction of sp³-hybridized carbons (Fsp3) is 0.944. The highest BCUT2D eigenvalue weighted by atomic mass is 16.6. The Labute approximate surface area is 496 Å². The van der Waals surface area contributed by atoms with E-state index in [0.717, 1.165) is 70.6 Å². The lowest BCUT2D eigenvalue weighted by molar-refractivity contribution is -0.188. The van der Waals surface area contributed by atoms with Crippen molar-refractivity contribution in [2.45, 2.75) is 405 Å². The van der Waals surface area contributed by atoms with E-state index in [9.17, 15) is 24.3 Å². The van der Waals surface area contributed by atoms with E-state index < -0.39 is 47.5 Å². The number of aliphatic hydroxyl groups is 1. The van der Waals surface area contributed by atoms with Crippen LogP contribution in [0.25, 0.3) is 0 Å². The topological polar surface area (TPSA) is 116 Å². The molecule has 0 aromatic carbocycles. The van der Waals surface area contributed by atoms with E-state index in [2.05, 4.69) is 20.8 Å². The Kier molecular flexibility index (Phi) is 55.9. The zero-order valence-corrected chi connectivity index (χ0v) is 53.8. The third-order valence-electron chi connectivity index (χ3n) is 17.8. The molecular formula is C72H136O8. The fourth-order valence-electron chi connectivity index (χ4n) is 12.3. The Balaban J connectivity index is 2.61. The van der Waals surface area contributed by atoms with Gasteiger partial charge in [0.05, 0.1) is 26.2 Å². The number of unbranched alkanes of at least 4 members (excludes halogenated alkanes) is 51. The third-order valence-corrected chi connectivity index (χ3v) is 17.8. The molecule has 472 valence electrons. The van der Waals surface area contributed by atoms with E-state index in [4.69, 9.17) is 14.2 Å². The van der Waals surface area contributed by atoms with Crippen LogP contribution in [0.5, 0.6) is 0 Å². The van der Waals surface area contributed by atoms with Crippen LogP contribution in [0.4, 0.5) is 0 Å². The summed E-state index contributed by atoms with van der Waals surface area (Å²) in [5.41, 5.74) is -2.70. The highest BCUT2D eigenvalue weighted by molar-refractivity contribution is 6.07. The minimum Gasteiger partial charge on any atom is -0.466 e. The van der Waals surface area contributed by atoms with Gasteiger partial charge in [0.25, 0.3) is 0 Å². The van der Waals surface area contributed by atoms with E-state index in [1.54, 1.807) is 0 Å². The van der Waals surface area contributed by atoms with Crippen molar-refractivity contribution in [2.75, 3.05) is 19.8 Å². The lowest BCUT2D eigenvalue weighted by Gasteiger charge is -2.32. The Bertz CT molecular complexity index is 1360.